The van der Waals surface area contributed by atoms with Crippen LogP contribution in [0.25, 0.3) is 0 Å². The molecular formula is C23H22F4O2. The average molecular weight is 406 g/mol. The maximum absolute atomic E-state index is 14.5. The van der Waals surface area contributed by atoms with Crippen molar-refractivity contribution < 1.29 is 27.0 Å². The van der Waals surface area contributed by atoms with Crippen molar-refractivity contribution in [1.82, 2.24) is 0 Å². The number of hydrogen-bond donors (Lipinski definition) is 0. The minimum atomic E-state index is -4.06. The van der Waals surface area contributed by atoms with Crippen molar-refractivity contribution in [3.05, 3.63) is 71.8 Å². The van der Waals surface area contributed by atoms with Crippen LogP contribution in [0, 0.1) is 17.8 Å². The van der Waals surface area contributed by atoms with Crippen LogP contribution in [-0.4, -0.2) is 24.1 Å². The molecule has 1 heterocycles. The lowest BCUT2D eigenvalue weighted by atomic mass is 9.79. The van der Waals surface area contributed by atoms with E-state index in [1.54, 1.807) is 0 Å². The Labute approximate surface area is 166 Å². The smallest absolute Gasteiger partial charge is 0.313 e. The van der Waals surface area contributed by atoms with E-state index >= 15 is 0 Å². The van der Waals surface area contributed by atoms with Crippen LogP contribution in [0.2, 0.25) is 0 Å². The molecule has 0 aromatic heterocycles. The molecule has 0 radical (unpaired) electrons. The number of ether oxygens (including phenoxy) is 2. The van der Waals surface area contributed by atoms with Crippen molar-refractivity contribution in [3.63, 3.8) is 0 Å². The number of halogens is 4. The second kappa shape index (κ2) is 6.29. The Kier molecular flexibility index (Phi) is 4.13. The zero-order chi connectivity index (χ0) is 20.4. The molecule has 5 atom stereocenters. The molecule has 3 aliphatic rings. The quantitative estimate of drug-likeness (QED) is 0.614. The van der Waals surface area contributed by atoms with Crippen molar-refractivity contribution in [2.24, 2.45) is 17.8 Å². The van der Waals surface area contributed by atoms with Gasteiger partial charge in [-0.3, -0.25) is 0 Å². The lowest BCUT2D eigenvalue weighted by Crippen LogP contribution is -2.50. The molecule has 2 saturated carbocycles. The molecule has 0 amide bonds. The average Bonchev–Trinajstić information content (AvgIpc) is 3.39. The van der Waals surface area contributed by atoms with E-state index < -0.39 is 35.6 Å². The summed E-state index contributed by atoms with van der Waals surface area (Å²) in [6.45, 7) is 0.306. The van der Waals surface area contributed by atoms with E-state index in [9.17, 15) is 17.6 Å². The predicted octanol–water partition coefficient (Wildman–Crippen LogP) is 5.62. The van der Waals surface area contributed by atoms with Gasteiger partial charge in [0.2, 0.25) is 5.79 Å². The van der Waals surface area contributed by atoms with Crippen molar-refractivity contribution in [2.45, 2.75) is 49.6 Å². The third-order valence-electron chi connectivity index (χ3n) is 6.82. The van der Waals surface area contributed by atoms with Crippen LogP contribution in [0.15, 0.2) is 60.7 Å². The first kappa shape index (κ1) is 19.1. The largest absolute Gasteiger partial charge is 0.336 e. The minimum absolute atomic E-state index is 0.0330. The summed E-state index contributed by atoms with van der Waals surface area (Å²) in [5, 5.41) is 0. The van der Waals surface area contributed by atoms with E-state index in [0.717, 1.165) is 11.1 Å². The van der Waals surface area contributed by atoms with Gasteiger partial charge in [0.05, 0.1) is 12.2 Å². The van der Waals surface area contributed by atoms with Gasteiger partial charge in [-0.25, -0.2) is 8.78 Å². The first-order valence-electron chi connectivity index (χ1n) is 9.96. The molecule has 1 saturated heterocycles. The van der Waals surface area contributed by atoms with Gasteiger partial charge >= 0.3 is 11.8 Å². The lowest BCUT2D eigenvalue weighted by molar-refractivity contribution is -0.241. The molecule has 3 fully saturated rings. The number of hydrogen-bond acceptors (Lipinski definition) is 2. The van der Waals surface area contributed by atoms with E-state index in [1.807, 2.05) is 60.7 Å². The molecule has 2 aromatic rings. The molecule has 2 aromatic carbocycles. The SMILES string of the molecule is CC(F)(F)C(F)(F)C1CC2CC1C1OC(c3ccccc3)(c3ccccc3)OC21. The molecule has 154 valence electrons. The predicted molar refractivity (Wildman–Crippen MR) is 98.7 cm³/mol. The lowest BCUT2D eigenvalue weighted by Gasteiger charge is -2.37. The minimum Gasteiger partial charge on any atom is -0.336 e. The first-order valence-corrected chi connectivity index (χ1v) is 9.96. The fourth-order valence-electron chi connectivity index (χ4n) is 5.48. The summed E-state index contributed by atoms with van der Waals surface area (Å²) in [7, 11) is 0. The normalized spacial score (nSPS) is 33.1. The van der Waals surface area contributed by atoms with E-state index in [1.165, 1.54) is 0 Å². The van der Waals surface area contributed by atoms with Crippen LogP contribution >= 0.6 is 0 Å². The maximum atomic E-state index is 14.5. The summed E-state index contributed by atoms with van der Waals surface area (Å²) >= 11 is 0. The van der Waals surface area contributed by atoms with Gasteiger partial charge < -0.3 is 9.47 Å². The van der Waals surface area contributed by atoms with Crippen molar-refractivity contribution in [1.29, 1.82) is 0 Å². The Morgan fingerprint density at radius 2 is 1.31 bits per heavy atom. The fourth-order valence-corrected chi connectivity index (χ4v) is 5.48. The Hall–Kier alpha value is -1.92. The standard InChI is InChI=1S/C23H22F4O2/c1-21(24,25)23(26,27)18-13-14-12-17(18)20-19(14)28-22(29-20,15-8-4-2-5-9-15)16-10-6-3-7-11-16/h2-11,14,17-20H,12-13H2,1H3. The molecule has 0 N–H and O–H groups in total. The van der Waals surface area contributed by atoms with Crippen LogP contribution in [-0.2, 0) is 15.3 Å². The Morgan fingerprint density at radius 3 is 1.83 bits per heavy atom. The molecule has 5 unspecified atom stereocenters. The Bertz CT molecular complexity index is 841. The van der Waals surface area contributed by atoms with E-state index in [-0.39, 0.29) is 18.4 Å². The van der Waals surface area contributed by atoms with Gasteiger partial charge in [-0.05, 0) is 24.7 Å². The molecule has 2 aliphatic carbocycles. The van der Waals surface area contributed by atoms with Gasteiger partial charge in [-0.1, -0.05) is 60.7 Å². The highest BCUT2D eigenvalue weighted by Gasteiger charge is 2.70. The van der Waals surface area contributed by atoms with Crippen LogP contribution < -0.4 is 0 Å². The van der Waals surface area contributed by atoms with Gasteiger partial charge in [0.1, 0.15) is 0 Å². The summed E-state index contributed by atoms with van der Waals surface area (Å²) in [6, 6.07) is 18.7. The topological polar surface area (TPSA) is 18.5 Å². The number of benzene rings is 2. The highest BCUT2D eigenvalue weighted by atomic mass is 19.3. The van der Waals surface area contributed by atoms with Crippen LogP contribution in [0.1, 0.15) is 30.9 Å². The maximum Gasteiger partial charge on any atom is 0.313 e. The highest BCUT2D eigenvalue weighted by molar-refractivity contribution is 5.35. The molecule has 2 bridgehead atoms. The highest BCUT2D eigenvalue weighted by Crippen LogP contribution is 2.63. The summed E-state index contributed by atoms with van der Waals surface area (Å²) in [5.41, 5.74) is 1.54. The molecule has 6 heteroatoms. The van der Waals surface area contributed by atoms with Gasteiger partial charge in [0.25, 0.3) is 0 Å². The number of fused-ring (bicyclic) bond motifs is 5. The number of rotatable bonds is 4. The van der Waals surface area contributed by atoms with Gasteiger partial charge in [-0.15, -0.1) is 0 Å². The molecule has 0 spiro atoms. The van der Waals surface area contributed by atoms with Gasteiger partial charge in [0.15, 0.2) is 0 Å². The molecule has 5 rings (SSSR count). The monoisotopic (exact) mass is 406 g/mol. The Morgan fingerprint density at radius 1 is 0.793 bits per heavy atom. The summed E-state index contributed by atoms with van der Waals surface area (Å²) < 4.78 is 69.3. The van der Waals surface area contributed by atoms with Crippen LogP contribution in [0.5, 0.6) is 0 Å². The zero-order valence-electron chi connectivity index (χ0n) is 15.9. The zero-order valence-corrected chi connectivity index (χ0v) is 15.9. The van der Waals surface area contributed by atoms with Gasteiger partial charge in [-0.2, -0.15) is 8.78 Å². The number of alkyl halides is 4. The molecule has 2 nitrogen and oxygen atoms in total. The Balaban J connectivity index is 1.53. The molecule has 29 heavy (non-hydrogen) atoms. The fraction of sp³-hybridized carbons (Fsp3) is 0.478. The van der Waals surface area contributed by atoms with E-state index in [0.29, 0.717) is 13.3 Å². The summed E-state index contributed by atoms with van der Waals surface area (Å²) in [4.78, 5) is 0. The third kappa shape index (κ3) is 2.68. The second-order valence-corrected chi connectivity index (χ2v) is 8.53. The van der Waals surface area contributed by atoms with Crippen molar-refractivity contribution in [2.75, 3.05) is 0 Å². The first-order chi connectivity index (χ1) is 13.7. The third-order valence-corrected chi connectivity index (χ3v) is 6.82. The molecular weight excluding hydrogens is 384 g/mol. The summed E-state index contributed by atoms with van der Waals surface area (Å²) in [5.74, 6) is -11.6. The van der Waals surface area contributed by atoms with Crippen LogP contribution in [0.4, 0.5) is 17.6 Å². The van der Waals surface area contributed by atoms with Crippen molar-refractivity contribution >= 4 is 0 Å². The van der Waals surface area contributed by atoms with E-state index in [4.69, 9.17) is 9.47 Å². The summed E-state index contributed by atoms with van der Waals surface area (Å²) in [6.07, 6.45) is -0.540. The van der Waals surface area contributed by atoms with Gasteiger partial charge in [0, 0.05) is 24.0 Å². The van der Waals surface area contributed by atoms with Crippen LogP contribution in [0.3, 0.4) is 0 Å². The van der Waals surface area contributed by atoms with Crippen molar-refractivity contribution in [3.8, 4) is 0 Å². The molecule has 1 aliphatic heterocycles. The van der Waals surface area contributed by atoms with E-state index in [2.05, 4.69) is 0 Å². The second-order valence-electron chi connectivity index (χ2n) is 8.53.